The van der Waals surface area contributed by atoms with Crippen molar-refractivity contribution >= 4 is 5.91 Å². The normalized spacial score (nSPS) is 23.8. The van der Waals surface area contributed by atoms with Crippen molar-refractivity contribution in [2.45, 2.75) is 31.9 Å². The molecule has 2 aliphatic heterocycles. The number of rotatable bonds is 4. The molecule has 1 unspecified atom stereocenters. The Hall–Kier alpha value is -1.86. The largest absolute Gasteiger partial charge is 0.493 e. The molecule has 1 aromatic rings. The van der Waals surface area contributed by atoms with Gasteiger partial charge < -0.3 is 19.5 Å². The van der Waals surface area contributed by atoms with Gasteiger partial charge in [-0.3, -0.25) is 14.7 Å². The lowest BCUT2D eigenvalue weighted by molar-refractivity contribution is -0.154. The molecule has 1 N–H and O–H groups in total. The predicted octanol–water partition coefficient (Wildman–Crippen LogP) is 0.904. The van der Waals surface area contributed by atoms with Crippen LogP contribution in [0.2, 0.25) is 0 Å². The van der Waals surface area contributed by atoms with Crippen molar-refractivity contribution in [3.63, 3.8) is 0 Å². The number of piperidine rings is 2. The maximum absolute atomic E-state index is 12.6. The summed E-state index contributed by atoms with van der Waals surface area (Å²) in [6, 6.07) is 1.78. The second-order valence-electron chi connectivity index (χ2n) is 7.09. The zero-order chi connectivity index (χ0) is 18.0. The van der Waals surface area contributed by atoms with E-state index in [1.165, 1.54) is 0 Å². The first-order valence-electron chi connectivity index (χ1n) is 8.71. The van der Waals surface area contributed by atoms with Crippen LogP contribution in [0.15, 0.2) is 12.3 Å². The number of hydrogen-bond acceptors (Lipinski definition) is 6. The summed E-state index contributed by atoms with van der Waals surface area (Å²) in [5, 5.41) is 10.1. The Bertz CT molecular complexity index is 629. The van der Waals surface area contributed by atoms with Gasteiger partial charge in [0.2, 0.25) is 5.91 Å². The van der Waals surface area contributed by atoms with Gasteiger partial charge in [-0.1, -0.05) is 0 Å². The summed E-state index contributed by atoms with van der Waals surface area (Å²) >= 11 is 0. The standard InChI is InChI=1S/C18H27N3O4/c1-20-11-13(22)10-18(17(20)23)5-8-21(9-6-18)12-14-16(25-3)15(24-2)4-7-19-14/h4,7,13,22H,5-6,8-12H2,1-3H3. The third-order valence-corrected chi connectivity index (χ3v) is 5.46. The number of carbonyl (C=O) groups is 1. The van der Waals surface area contributed by atoms with E-state index in [-0.39, 0.29) is 5.91 Å². The molecule has 2 aliphatic rings. The van der Waals surface area contributed by atoms with Crippen LogP contribution in [0.3, 0.4) is 0 Å². The smallest absolute Gasteiger partial charge is 0.228 e. The fraction of sp³-hybridized carbons (Fsp3) is 0.667. The third-order valence-electron chi connectivity index (χ3n) is 5.46. The molecular formula is C18H27N3O4. The molecule has 1 spiro atoms. The average molecular weight is 349 g/mol. The van der Waals surface area contributed by atoms with Crippen LogP contribution in [-0.2, 0) is 11.3 Å². The first-order chi connectivity index (χ1) is 12.0. The van der Waals surface area contributed by atoms with Gasteiger partial charge in [0.25, 0.3) is 0 Å². The molecule has 2 fully saturated rings. The molecule has 0 saturated carbocycles. The van der Waals surface area contributed by atoms with Gasteiger partial charge in [0.1, 0.15) is 5.69 Å². The van der Waals surface area contributed by atoms with Crippen molar-refractivity contribution in [3.8, 4) is 11.5 Å². The minimum absolute atomic E-state index is 0.175. The van der Waals surface area contributed by atoms with E-state index >= 15 is 0 Å². The number of ether oxygens (including phenoxy) is 2. The first kappa shape index (κ1) is 17.9. The quantitative estimate of drug-likeness (QED) is 0.871. The number of β-amino-alcohol motifs (C(OH)–C–C–N with tert-alkyl or cyclic N) is 1. The van der Waals surface area contributed by atoms with Crippen molar-refractivity contribution in [3.05, 3.63) is 18.0 Å². The topological polar surface area (TPSA) is 75.1 Å². The lowest BCUT2D eigenvalue weighted by atomic mass is 9.71. The molecule has 3 rings (SSSR count). The van der Waals surface area contributed by atoms with E-state index in [9.17, 15) is 9.90 Å². The number of aliphatic hydroxyl groups is 1. The van der Waals surface area contributed by atoms with Gasteiger partial charge in [-0.05, 0) is 32.4 Å². The maximum Gasteiger partial charge on any atom is 0.228 e. The van der Waals surface area contributed by atoms with E-state index in [4.69, 9.17) is 9.47 Å². The first-order valence-corrected chi connectivity index (χ1v) is 8.71. The molecule has 0 aromatic carbocycles. The molecular weight excluding hydrogens is 322 g/mol. The number of likely N-dealkylation sites (N-methyl/N-ethyl adjacent to an activating group) is 1. The number of aliphatic hydroxyl groups excluding tert-OH is 1. The Morgan fingerprint density at radius 1 is 1.32 bits per heavy atom. The number of amides is 1. The number of nitrogens with zero attached hydrogens (tertiary/aromatic N) is 3. The van der Waals surface area contributed by atoms with Crippen LogP contribution in [0, 0.1) is 5.41 Å². The van der Waals surface area contributed by atoms with Gasteiger partial charge in [0.15, 0.2) is 11.5 Å². The van der Waals surface area contributed by atoms with E-state index < -0.39 is 11.5 Å². The van der Waals surface area contributed by atoms with E-state index in [0.717, 1.165) is 31.6 Å². The molecule has 1 aromatic heterocycles. The van der Waals surface area contributed by atoms with Crippen LogP contribution in [0.25, 0.3) is 0 Å². The highest BCUT2D eigenvalue weighted by molar-refractivity contribution is 5.83. The number of carbonyl (C=O) groups excluding carboxylic acids is 1. The molecule has 1 amide bonds. The number of aromatic nitrogens is 1. The Morgan fingerprint density at radius 3 is 2.68 bits per heavy atom. The zero-order valence-electron chi connectivity index (χ0n) is 15.2. The van der Waals surface area contributed by atoms with Gasteiger partial charge in [-0.2, -0.15) is 0 Å². The Kier molecular flexibility index (Phi) is 5.15. The molecule has 7 nitrogen and oxygen atoms in total. The SMILES string of the molecule is COc1ccnc(CN2CCC3(CC2)CC(O)CN(C)C3=O)c1OC. The molecule has 2 saturated heterocycles. The summed E-state index contributed by atoms with van der Waals surface area (Å²) in [4.78, 5) is 21.0. The highest BCUT2D eigenvalue weighted by Gasteiger charge is 2.47. The third kappa shape index (κ3) is 3.43. The Labute approximate surface area is 148 Å². The van der Waals surface area contributed by atoms with E-state index in [2.05, 4.69) is 9.88 Å². The van der Waals surface area contributed by atoms with Crippen LogP contribution >= 0.6 is 0 Å². The van der Waals surface area contributed by atoms with Crippen LogP contribution < -0.4 is 9.47 Å². The Balaban J connectivity index is 1.68. The van der Waals surface area contributed by atoms with Gasteiger partial charge in [0, 0.05) is 32.4 Å². The second-order valence-corrected chi connectivity index (χ2v) is 7.09. The zero-order valence-corrected chi connectivity index (χ0v) is 15.2. The predicted molar refractivity (Wildman–Crippen MR) is 92.5 cm³/mol. The lowest BCUT2D eigenvalue weighted by Gasteiger charge is -2.47. The monoisotopic (exact) mass is 349 g/mol. The minimum Gasteiger partial charge on any atom is -0.493 e. The lowest BCUT2D eigenvalue weighted by Crippen LogP contribution is -2.56. The van der Waals surface area contributed by atoms with Crippen molar-refractivity contribution < 1.29 is 19.4 Å². The molecule has 0 radical (unpaired) electrons. The molecule has 0 bridgehead atoms. The van der Waals surface area contributed by atoms with E-state index in [0.29, 0.717) is 31.0 Å². The van der Waals surface area contributed by atoms with Crippen molar-refractivity contribution in [2.75, 3.05) is 40.9 Å². The van der Waals surface area contributed by atoms with Gasteiger partial charge in [-0.15, -0.1) is 0 Å². The van der Waals surface area contributed by atoms with Crippen LogP contribution in [-0.4, -0.2) is 72.8 Å². The maximum atomic E-state index is 12.6. The molecule has 3 heterocycles. The van der Waals surface area contributed by atoms with Crippen molar-refractivity contribution in [2.24, 2.45) is 5.41 Å². The van der Waals surface area contributed by atoms with Gasteiger partial charge >= 0.3 is 0 Å². The highest BCUT2D eigenvalue weighted by Crippen LogP contribution is 2.41. The molecule has 7 heteroatoms. The highest BCUT2D eigenvalue weighted by atomic mass is 16.5. The summed E-state index contributed by atoms with van der Waals surface area (Å²) < 4.78 is 10.8. The molecule has 0 aliphatic carbocycles. The summed E-state index contributed by atoms with van der Waals surface area (Å²) in [5.74, 6) is 1.51. The summed E-state index contributed by atoms with van der Waals surface area (Å²) in [6.07, 6.45) is 3.40. The van der Waals surface area contributed by atoms with Crippen molar-refractivity contribution in [1.29, 1.82) is 0 Å². The summed E-state index contributed by atoms with van der Waals surface area (Å²) in [6.45, 7) is 2.70. The summed E-state index contributed by atoms with van der Waals surface area (Å²) in [7, 11) is 5.01. The minimum atomic E-state index is -0.422. The van der Waals surface area contributed by atoms with E-state index in [1.54, 1.807) is 38.4 Å². The summed E-state index contributed by atoms with van der Waals surface area (Å²) in [5.41, 5.74) is 0.430. The second kappa shape index (κ2) is 7.17. The fourth-order valence-electron chi connectivity index (χ4n) is 4.14. The fourth-order valence-corrected chi connectivity index (χ4v) is 4.14. The Morgan fingerprint density at radius 2 is 2.04 bits per heavy atom. The average Bonchev–Trinajstić information content (AvgIpc) is 2.61. The van der Waals surface area contributed by atoms with Crippen molar-refractivity contribution in [1.82, 2.24) is 14.8 Å². The van der Waals surface area contributed by atoms with Crippen LogP contribution in [0.4, 0.5) is 0 Å². The van der Waals surface area contributed by atoms with Gasteiger partial charge in [0.05, 0.1) is 25.7 Å². The number of methoxy groups -OCH3 is 2. The van der Waals surface area contributed by atoms with Gasteiger partial charge in [-0.25, -0.2) is 0 Å². The van der Waals surface area contributed by atoms with E-state index in [1.807, 2.05) is 0 Å². The molecule has 138 valence electrons. The van der Waals surface area contributed by atoms with Crippen LogP contribution in [0.5, 0.6) is 11.5 Å². The number of pyridine rings is 1. The molecule has 1 atom stereocenters. The number of hydrogen-bond donors (Lipinski definition) is 1. The van der Waals surface area contributed by atoms with Crippen LogP contribution in [0.1, 0.15) is 25.0 Å². The molecule has 25 heavy (non-hydrogen) atoms. The number of likely N-dealkylation sites (tertiary alicyclic amines) is 2.